The summed E-state index contributed by atoms with van der Waals surface area (Å²) in [6.45, 7) is 5.62. The summed E-state index contributed by atoms with van der Waals surface area (Å²) in [5, 5.41) is 2.64. The first-order valence-corrected chi connectivity index (χ1v) is 9.07. The highest BCUT2D eigenvalue weighted by Gasteiger charge is 2.15. The Morgan fingerprint density at radius 1 is 1.08 bits per heavy atom. The number of carbonyl (C=O) groups is 1. The van der Waals surface area contributed by atoms with Crippen molar-refractivity contribution in [3.63, 3.8) is 0 Å². The minimum absolute atomic E-state index is 0.0207. The Morgan fingerprint density at radius 3 is 2.50 bits per heavy atom. The van der Waals surface area contributed by atoms with Crippen molar-refractivity contribution in [2.75, 3.05) is 11.9 Å². The molecule has 128 valence electrons. The summed E-state index contributed by atoms with van der Waals surface area (Å²) in [6, 6.07) is 10.2. The smallest absolute Gasteiger partial charge is 0.240 e. The number of rotatable bonds is 6. The summed E-state index contributed by atoms with van der Waals surface area (Å²) in [5.74, 6) is 0.160. The van der Waals surface area contributed by atoms with E-state index in [4.69, 9.17) is 0 Å². The van der Waals surface area contributed by atoms with Crippen molar-refractivity contribution in [3.8, 4) is 0 Å². The van der Waals surface area contributed by atoms with Crippen LogP contribution >= 0.6 is 0 Å². The molecule has 0 saturated carbocycles. The minimum atomic E-state index is -3.62. The highest BCUT2D eigenvalue weighted by molar-refractivity contribution is 7.89. The van der Waals surface area contributed by atoms with E-state index < -0.39 is 10.0 Å². The number of pyridine rings is 1. The Kier molecular flexibility index (Phi) is 5.69. The van der Waals surface area contributed by atoms with Gasteiger partial charge in [0.05, 0.1) is 4.90 Å². The maximum Gasteiger partial charge on any atom is 0.240 e. The van der Waals surface area contributed by atoms with Gasteiger partial charge in [-0.25, -0.2) is 18.1 Å². The van der Waals surface area contributed by atoms with Crippen molar-refractivity contribution in [2.45, 2.75) is 32.1 Å². The molecular formula is C17H21N3O3S. The molecule has 0 spiro atoms. The van der Waals surface area contributed by atoms with Crippen molar-refractivity contribution < 1.29 is 13.2 Å². The average molecular weight is 347 g/mol. The molecule has 24 heavy (non-hydrogen) atoms. The van der Waals surface area contributed by atoms with E-state index >= 15 is 0 Å². The summed E-state index contributed by atoms with van der Waals surface area (Å²) in [4.78, 5) is 16.2. The quantitative estimate of drug-likeness (QED) is 0.839. The van der Waals surface area contributed by atoms with E-state index in [-0.39, 0.29) is 23.8 Å². The highest BCUT2D eigenvalue weighted by atomic mass is 32.2. The number of amides is 1. The average Bonchev–Trinajstić information content (AvgIpc) is 2.49. The van der Waals surface area contributed by atoms with Crippen molar-refractivity contribution >= 4 is 21.7 Å². The predicted octanol–water partition coefficient (Wildman–Crippen LogP) is 2.31. The van der Waals surface area contributed by atoms with Gasteiger partial charge in [-0.05, 0) is 56.2 Å². The molecule has 2 N–H and O–H groups in total. The van der Waals surface area contributed by atoms with Gasteiger partial charge in [0.15, 0.2) is 0 Å². The summed E-state index contributed by atoms with van der Waals surface area (Å²) >= 11 is 0. The number of hydrogen-bond donors (Lipinski definition) is 2. The van der Waals surface area contributed by atoms with E-state index in [0.29, 0.717) is 5.82 Å². The topological polar surface area (TPSA) is 88.2 Å². The summed E-state index contributed by atoms with van der Waals surface area (Å²) < 4.78 is 26.9. The van der Waals surface area contributed by atoms with E-state index in [0.717, 1.165) is 16.8 Å². The van der Waals surface area contributed by atoms with E-state index in [1.54, 1.807) is 30.3 Å². The molecule has 0 aliphatic carbocycles. The van der Waals surface area contributed by atoms with Crippen molar-refractivity contribution in [1.29, 1.82) is 0 Å². The van der Waals surface area contributed by atoms with Gasteiger partial charge in [-0.1, -0.05) is 12.1 Å². The third-order valence-electron chi connectivity index (χ3n) is 3.59. The van der Waals surface area contributed by atoms with Crippen LogP contribution in [-0.2, 0) is 14.8 Å². The Balaban J connectivity index is 1.90. The molecule has 0 saturated heterocycles. The molecule has 7 heteroatoms. The van der Waals surface area contributed by atoms with E-state index in [1.807, 2.05) is 26.8 Å². The zero-order valence-electron chi connectivity index (χ0n) is 14.0. The summed E-state index contributed by atoms with van der Waals surface area (Å²) in [5.41, 5.74) is 2.73. The SMILES string of the molecule is Cc1cccc(NC(=O)CCNS(=O)(=O)c2ccc(C)c(C)c2)n1. The van der Waals surface area contributed by atoms with Crippen LogP contribution in [0.5, 0.6) is 0 Å². The van der Waals surface area contributed by atoms with Crippen LogP contribution in [0.4, 0.5) is 5.82 Å². The predicted molar refractivity (Wildman–Crippen MR) is 93.3 cm³/mol. The third kappa shape index (κ3) is 4.87. The monoisotopic (exact) mass is 347 g/mol. The van der Waals surface area contributed by atoms with E-state index in [9.17, 15) is 13.2 Å². The Bertz CT molecular complexity index is 848. The standard InChI is InChI=1S/C17H21N3O3S/c1-12-7-8-15(11-13(12)2)24(22,23)18-10-9-17(21)20-16-6-4-5-14(3)19-16/h4-8,11,18H,9-10H2,1-3H3,(H,19,20,21). The van der Waals surface area contributed by atoms with Crippen LogP contribution in [0.1, 0.15) is 23.2 Å². The van der Waals surface area contributed by atoms with Crippen LogP contribution in [0.3, 0.4) is 0 Å². The first-order chi connectivity index (χ1) is 11.3. The number of carbonyl (C=O) groups excluding carboxylic acids is 1. The van der Waals surface area contributed by atoms with Crippen molar-refractivity contribution in [2.24, 2.45) is 0 Å². The normalized spacial score (nSPS) is 11.3. The molecule has 1 heterocycles. The summed E-state index contributed by atoms with van der Waals surface area (Å²) in [7, 11) is -3.62. The number of nitrogens with one attached hydrogen (secondary N) is 2. The molecule has 0 bridgehead atoms. The molecule has 0 aliphatic rings. The molecule has 1 amide bonds. The Labute approximate surface area is 142 Å². The number of aromatic nitrogens is 1. The van der Waals surface area contributed by atoms with Gasteiger partial charge in [0, 0.05) is 18.7 Å². The zero-order chi connectivity index (χ0) is 17.7. The lowest BCUT2D eigenvalue weighted by Crippen LogP contribution is -2.28. The maximum absolute atomic E-state index is 12.2. The van der Waals surface area contributed by atoms with Gasteiger partial charge < -0.3 is 5.32 Å². The van der Waals surface area contributed by atoms with Gasteiger partial charge in [-0.3, -0.25) is 4.79 Å². The molecule has 1 aromatic heterocycles. The maximum atomic E-state index is 12.2. The molecule has 0 aliphatic heterocycles. The molecule has 0 fully saturated rings. The van der Waals surface area contributed by atoms with Gasteiger partial charge in [0.25, 0.3) is 0 Å². The van der Waals surface area contributed by atoms with Gasteiger partial charge in [-0.15, -0.1) is 0 Å². The van der Waals surface area contributed by atoms with Gasteiger partial charge in [0.1, 0.15) is 5.82 Å². The lowest BCUT2D eigenvalue weighted by Gasteiger charge is -2.09. The molecule has 1 aromatic carbocycles. The van der Waals surface area contributed by atoms with Gasteiger partial charge in [-0.2, -0.15) is 0 Å². The number of nitrogens with zero attached hydrogens (tertiary/aromatic N) is 1. The second kappa shape index (κ2) is 7.55. The van der Waals surface area contributed by atoms with E-state index in [2.05, 4.69) is 15.0 Å². The second-order valence-corrected chi connectivity index (χ2v) is 7.37. The molecule has 2 rings (SSSR count). The Hall–Kier alpha value is -2.25. The fraction of sp³-hybridized carbons (Fsp3) is 0.294. The van der Waals surface area contributed by atoms with Gasteiger partial charge in [0.2, 0.25) is 15.9 Å². The Morgan fingerprint density at radius 2 is 1.83 bits per heavy atom. The van der Waals surface area contributed by atoms with Crippen LogP contribution < -0.4 is 10.0 Å². The van der Waals surface area contributed by atoms with Crippen molar-refractivity contribution in [3.05, 3.63) is 53.2 Å². The first-order valence-electron chi connectivity index (χ1n) is 7.58. The lowest BCUT2D eigenvalue weighted by molar-refractivity contribution is -0.116. The molecule has 0 radical (unpaired) electrons. The lowest BCUT2D eigenvalue weighted by atomic mass is 10.1. The number of benzene rings is 1. The first kappa shape index (κ1) is 18.1. The third-order valence-corrected chi connectivity index (χ3v) is 5.05. The second-order valence-electron chi connectivity index (χ2n) is 5.61. The fourth-order valence-electron chi connectivity index (χ4n) is 2.08. The zero-order valence-corrected chi connectivity index (χ0v) is 14.8. The number of aryl methyl sites for hydroxylation is 3. The van der Waals surface area contributed by atoms with Crippen LogP contribution in [0.2, 0.25) is 0 Å². The summed E-state index contributed by atoms with van der Waals surface area (Å²) in [6.07, 6.45) is 0.0275. The largest absolute Gasteiger partial charge is 0.311 e. The number of hydrogen-bond acceptors (Lipinski definition) is 4. The fourth-order valence-corrected chi connectivity index (χ4v) is 3.20. The minimum Gasteiger partial charge on any atom is -0.311 e. The van der Waals surface area contributed by atoms with Gasteiger partial charge >= 0.3 is 0 Å². The highest BCUT2D eigenvalue weighted by Crippen LogP contribution is 2.14. The molecular weight excluding hydrogens is 326 g/mol. The van der Waals surface area contributed by atoms with Crippen LogP contribution in [0, 0.1) is 20.8 Å². The van der Waals surface area contributed by atoms with Crippen LogP contribution in [0.25, 0.3) is 0 Å². The van der Waals surface area contributed by atoms with Crippen molar-refractivity contribution in [1.82, 2.24) is 9.71 Å². The molecule has 0 unspecified atom stereocenters. The van der Waals surface area contributed by atoms with E-state index in [1.165, 1.54) is 0 Å². The number of anilines is 1. The molecule has 2 aromatic rings. The molecule has 0 atom stereocenters. The van der Waals surface area contributed by atoms with Crippen LogP contribution in [0.15, 0.2) is 41.3 Å². The number of sulfonamides is 1. The molecule has 6 nitrogen and oxygen atoms in total. The van der Waals surface area contributed by atoms with Crippen LogP contribution in [-0.4, -0.2) is 25.9 Å².